The number of nitrogens with one attached hydrogen (secondary N) is 2. The van der Waals surface area contributed by atoms with Crippen molar-refractivity contribution >= 4 is 11.6 Å². The molecule has 0 saturated carbocycles. The molecule has 2 heterocycles. The highest BCUT2D eigenvalue weighted by atomic mass is 15.3. The van der Waals surface area contributed by atoms with E-state index in [0.29, 0.717) is 12.4 Å². The summed E-state index contributed by atoms with van der Waals surface area (Å²) in [7, 11) is 1.95. The highest BCUT2D eigenvalue weighted by molar-refractivity contribution is 5.57. The molecule has 0 spiro atoms. The van der Waals surface area contributed by atoms with Crippen LogP contribution in [0.25, 0.3) is 0 Å². The number of anilines is 2. The Morgan fingerprint density at radius 1 is 1.14 bits per heavy atom. The van der Waals surface area contributed by atoms with Gasteiger partial charge in [0.05, 0.1) is 5.69 Å². The molecule has 2 rings (SSSR count). The molecule has 0 unspecified atom stereocenters. The van der Waals surface area contributed by atoms with Crippen LogP contribution in [0.15, 0.2) is 0 Å². The lowest BCUT2D eigenvalue weighted by Crippen LogP contribution is -2.15. The number of hydrazine groups is 1. The number of aryl methyl sites for hydroxylation is 3. The molecule has 0 aliphatic heterocycles. The number of aromatic nitrogens is 4. The molecule has 2 aromatic heterocycles. The molecular weight excluding hydrogens is 266 g/mol. The van der Waals surface area contributed by atoms with E-state index in [9.17, 15) is 0 Å². The standard InChI is InChI=1S/C14H23N7/c1-6-12-17-13(8(2)14(18-12)19-15)16-7-11-9(3)20-21(5)10(11)4/h6-7,15H2,1-5H3,(H2,16,17,18,19). The summed E-state index contributed by atoms with van der Waals surface area (Å²) >= 11 is 0. The van der Waals surface area contributed by atoms with Gasteiger partial charge in [-0.05, 0) is 20.8 Å². The summed E-state index contributed by atoms with van der Waals surface area (Å²) in [6.45, 7) is 8.72. The maximum Gasteiger partial charge on any atom is 0.148 e. The van der Waals surface area contributed by atoms with Crippen LogP contribution in [-0.4, -0.2) is 19.7 Å². The summed E-state index contributed by atoms with van der Waals surface area (Å²) in [5, 5.41) is 7.80. The molecule has 0 saturated heterocycles. The largest absolute Gasteiger partial charge is 0.365 e. The fourth-order valence-corrected chi connectivity index (χ4v) is 2.28. The van der Waals surface area contributed by atoms with Crippen molar-refractivity contribution in [2.24, 2.45) is 12.9 Å². The Balaban J connectivity index is 2.27. The Bertz CT molecular complexity index is 645. The summed E-state index contributed by atoms with van der Waals surface area (Å²) < 4.78 is 1.89. The van der Waals surface area contributed by atoms with Gasteiger partial charge in [-0.2, -0.15) is 5.10 Å². The van der Waals surface area contributed by atoms with Crippen LogP contribution in [0, 0.1) is 20.8 Å². The predicted molar refractivity (Wildman–Crippen MR) is 84.0 cm³/mol. The SMILES string of the molecule is CCc1nc(NN)c(C)c(NCc2c(C)nn(C)c2C)n1. The third-order valence-corrected chi connectivity index (χ3v) is 3.74. The third-order valence-electron chi connectivity index (χ3n) is 3.74. The van der Waals surface area contributed by atoms with Crippen molar-refractivity contribution in [3.63, 3.8) is 0 Å². The normalized spacial score (nSPS) is 10.8. The van der Waals surface area contributed by atoms with E-state index in [-0.39, 0.29) is 0 Å². The molecule has 114 valence electrons. The lowest BCUT2D eigenvalue weighted by molar-refractivity contribution is 0.730. The fraction of sp³-hybridized carbons (Fsp3) is 0.500. The summed E-state index contributed by atoms with van der Waals surface area (Å²) in [5.41, 5.74) is 6.91. The monoisotopic (exact) mass is 289 g/mol. The number of nitrogen functional groups attached to an aromatic ring is 1. The predicted octanol–water partition coefficient (Wildman–Crippen LogP) is 1.60. The van der Waals surface area contributed by atoms with Crippen molar-refractivity contribution in [3.05, 3.63) is 28.3 Å². The molecule has 0 radical (unpaired) electrons. The molecule has 7 nitrogen and oxygen atoms in total. The van der Waals surface area contributed by atoms with Gasteiger partial charge in [-0.3, -0.25) is 4.68 Å². The number of hydrogen-bond acceptors (Lipinski definition) is 6. The summed E-state index contributed by atoms with van der Waals surface area (Å²) in [6, 6.07) is 0. The smallest absolute Gasteiger partial charge is 0.148 e. The van der Waals surface area contributed by atoms with E-state index in [2.05, 4.69) is 32.7 Å². The maximum atomic E-state index is 5.52. The van der Waals surface area contributed by atoms with E-state index >= 15 is 0 Å². The van der Waals surface area contributed by atoms with Crippen molar-refractivity contribution in [3.8, 4) is 0 Å². The number of rotatable bonds is 5. The van der Waals surface area contributed by atoms with E-state index in [0.717, 1.165) is 35.0 Å². The van der Waals surface area contributed by atoms with Crippen LogP contribution in [-0.2, 0) is 20.0 Å². The van der Waals surface area contributed by atoms with Crippen LogP contribution >= 0.6 is 0 Å². The van der Waals surface area contributed by atoms with E-state index < -0.39 is 0 Å². The van der Waals surface area contributed by atoms with E-state index in [1.807, 2.05) is 32.5 Å². The minimum Gasteiger partial charge on any atom is -0.365 e. The minimum absolute atomic E-state index is 0.656. The zero-order valence-corrected chi connectivity index (χ0v) is 13.3. The fourth-order valence-electron chi connectivity index (χ4n) is 2.28. The van der Waals surface area contributed by atoms with Crippen LogP contribution < -0.4 is 16.6 Å². The van der Waals surface area contributed by atoms with Crippen molar-refractivity contribution in [1.82, 2.24) is 19.7 Å². The molecule has 21 heavy (non-hydrogen) atoms. The molecule has 0 aliphatic rings. The highest BCUT2D eigenvalue weighted by Gasteiger charge is 2.12. The lowest BCUT2D eigenvalue weighted by Gasteiger charge is -2.13. The Kier molecular flexibility index (Phi) is 4.42. The highest BCUT2D eigenvalue weighted by Crippen LogP contribution is 2.21. The van der Waals surface area contributed by atoms with Crippen molar-refractivity contribution in [1.29, 1.82) is 0 Å². The van der Waals surface area contributed by atoms with Gasteiger partial charge in [0.15, 0.2) is 0 Å². The van der Waals surface area contributed by atoms with Crippen LogP contribution in [0.1, 0.15) is 35.3 Å². The summed E-state index contributed by atoms with van der Waals surface area (Å²) in [4.78, 5) is 8.90. The van der Waals surface area contributed by atoms with Crippen molar-refractivity contribution in [2.75, 3.05) is 10.7 Å². The first-order valence-electron chi connectivity index (χ1n) is 7.05. The van der Waals surface area contributed by atoms with Crippen molar-refractivity contribution < 1.29 is 0 Å². The average Bonchev–Trinajstić information content (AvgIpc) is 2.71. The molecule has 2 aromatic rings. The molecule has 0 atom stereocenters. The Labute approximate surface area is 124 Å². The molecule has 0 amide bonds. The minimum atomic E-state index is 0.656. The number of hydrogen-bond donors (Lipinski definition) is 3. The molecule has 0 bridgehead atoms. The first-order valence-corrected chi connectivity index (χ1v) is 7.05. The van der Waals surface area contributed by atoms with Gasteiger partial charge in [-0.1, -0.05) is 6.92 Å². The first kappa shape index (κ1) is 15.2. The van der Waals surface area contributed by atoms with Gasteiger partial charge in [0.2, 0.25) is 0 Å². The van der Waals surface area contributed by atoms with Crippen LogP contribution in [0.4, 0.5) is 11.6 Å². The second-order valence-corrected chi connectivity index (χ2v) is 5.09. The first-order chi connectivity index (χ1) is 9.97. The lowest BCUT2D eigenvalue weighted by atomic mass is 10.2. The number of nitrogens with zero attached hydrogens (tertiary/aromatic N) is 4. The van der Waals surface area contributed by atoms with Crippen LogP contribution in [0.2, 0.25) is 0 Å². The Morgan fingerprint density at radius 2 is 1.81 bits per heavy atom. The topological polar surface area (TPSA) is 93.7 Å². The summed E-state index contributed by atoms with van der Waals surface area (Å²) in [6.07, 6.45) is 0.759. The van der Waals surface area contributed by atoms with Gasteiger partial charge >= 0.3 is 0 Å². The third kappa shape index (κ3) is 2.97. The molecule has 4 N–H and O–H groups in total. The van der Waals surface area contributed by atoms with Crippen LogP contribution in [0.3, 0.4) is 0 Å². The Morgan fingerprint density at radius 3 is 2.33 bits per heavy atom. The van der Waals surface area contributed by atoms with Gasteiger partial charge in [0.25, 0.3) is 0 Å². The second-order valence-electron chi connectivity index (χ2n) is 5.09. The maximum absolute atomic E-state index is 5.52. The van der Waals surface area contributed by atoms with Crippen LogP contribution in [0.5, 0.6) is 0 Å². The molecular formula is C14H23N7. The molecule has 0 aromatic carbocycles. The van der Waals surface area contributed by atoms with E-state index in [1.54, 1.807) is 0 Å². The Hall–Kier alpha value is -2.15. The summed E-state index contributed by atoms with van der Waals surface area (Å²) in [5.74, 6) is 7.74. The number of nitrogens with two attached hydrogens (primary N) is 1. The van der Waals surface area contributed by atoms with Gasteiger partial charge in [0, 0.05) is 36.8 Å². The van der Waals surface area contributed by atoms with Crippen molar-refractivity contribution in [2.45, 2.75) is 40.7 Å². The van der Waals surface area contributed by atoms with E-state index in [4.69, 9.17) is 5.84 Å². The average molecular weight is 289 g/mol. The van der Waals surface area contributed by atoms with Gasteiger partial charge in [-0.15, -0.1) is 0 Å². The molecule has 0 aliphatic carbocycles. The quantitative estimate of drug-likeness (QED) is 0.572. The molecule has 7 heteroatoms. The second kappa shape index (κ2) is 6.09. The molecule has 0 fully saturated rings. The van der Waals surface area contributed by atoms with Gasteiger partial charge in [-0.25, -0.2) is 15.8 Å². The van der Waals surface area contributed by atoms with E-state index in [1.165, 1.54) is 5.56 Å². The zero-order valence-electron chi connectivity index (χ0n) is 13.3. The van der Waals surface area contributed by atoms with Gasteiger partial charge in [0.1, 0.15) is 17.5 Å². The zero-order chi connectivity index (χ0) is 15.6. The van der Waals surface area contributed by atoms with Gasteiger partial charge < -0.3 is 10.7 Å².